The van der Waals surface area contributed by atoms with Crippen LogP contribution in [0.2, 0.25) is 0 Å². The van der Waals surface area contributed by atoms with E-state index in [1.165, 1.54) is 30.5 Å². The molecular formula is C24H19FN8O2. The van der Waals surface area contributed by atoms with E-state index in [9.17, 15) is 9.18 Å². The maximum atomic E-state index is 13.1. The number of ether oxygens (including phenoxy) is 1. The van der Waals surface area contributed by atoms with Crippen LogP contribution in [0.3, 0.4) is 0 Å². The lowest BCUT2D eigenvalue weighted by atomic mass is 10.2. The normalized spacial score (nSPS) is 10.9. The monoisotopic (exact) mass is 470 g/mol. The van der Waals surface area contributed by atoms with Gasteiger partial charge in [-0.2, -0.15) is 20.1 Å². The number of esters is 1. The predicted octanol–water partition coefficient (Wildman–Crippen LogP) is 3.49. The first-order valence-electron chi connectivity index (χ1n) is 10.6. The Kier molecular flexibility index (Phi) is 5.95. The zero-order valence-electron chi connectivity index (χ0n) is 18.3. The van der Waals surface area contributed by atoms with E-state index in [-0.39, 0.29) is 35.7 Å². The Bertz CT molecular complexity index is 1490. The zero-order chi connectivity index (χ0) is 24.2. The molecule has 0 spiro atoms. The summed E-state index contributed by atoms with van der Waals surface area (Å²) in [5.74, 6) is -0.717. The first-order valence-corrected chi connectivity index (χ1v) is 10.6. The van der Waals surface area contributed by atoms with E-state index < -0.39 is 5.97 Å². The lowest BCUT2D eigenvalue weighted by Gasteiger charge is -2.08. The average molecular weight is 470 g/mol. The topological polar surface area (TPSA) is 134 Å². The number of anilines is 3. The Morgan fingerprint density at radius 2 is 1.83 bits per heavy atom. The molecule has 10 nitrogen and oxygen atoms in total. The summed E-state index contributed by atoms with van der Waals surface area (Å²) in [6.07, 6.45) is 3.10. The Balaban J connectivity index is 1.26. The van der Waals surface area contributed by atoms with Gasteiger partial charge in [0.05, 0.1) is 18.3 Å². The fourth-order valence-corrected chi connectivity index (χ4v) is 3.39. The number of pyridine rings is 1. The van der Waals surface area contributed by atoms with Crippen LogP contribution in [0.4, 0.5) is 22.0 Å². The summed E-state index contributed by atoms with van der Waals surface area (Å²) in [5.41, 5.74) is 8.33. The largest absolute Gasteiger partial charge is 0.454 e. The molecular weight excluding hydrogens is 451 g/mol. The maximum Gasteiger partial charge on any atom is 0.340 e. The van der Waals surface area contributed by atoms with Crippen molar-refractivity contribution in [3.05, 3.63) is 95.8 Å². The molecule has 0 bridgehead atoms. The highest BCUT2D eigenvalue weighted by atomic mass is 19.1. The molecule has 174 valence electrons. The van der Waals surface area contributed by atoms with Gasteiger partial charge in [-0.25, -0.2) is 18.9 Å². The van der Waals surface area contributed by atoms with Gasteiger partial charge in [0.25, 0.3) is 0 Å². The number of hydrogen-bond acceptors (Lipinski definition) is 9. The Hall–Kier alpha value is -4.93. The van der Waals surface area contributed by atoms with Crippen LogP contribution in [0.25, 0.3) is 11.0 Å². The van der Waals surface area contributed by atoms with Gasteiger partial charge in [0, 0.05) is 17.3 Å². The van der Waals surface area contributed by atoms with Gasteiger partial charge in [-0.05, 0) is 35.9 Å². The third-order valence-electron chi connectivity index (χ3n) is 5.02. The van der Waals surface area contributed by atoms with Gasteiger partial charge in [0.15, 0.2) is 18.1 Å². The van der Waals surface area contributed by atoms with Crippen LogP contribution < -0.4 is 11.1 Å². The first kappa shape index (κ1) is 21.9. The molecule has 0 saturated heterocycles. The lowest BCUT2D eigenvalue weighted by Crippen LogP contribution is -2.11. The fourth-order valence-electron chi connectivity index (χ4n) is 3.39. The van der Waals surface area contributed by atoms with Crippen LogP contribution in [0.1, 0.15) is 21.7 Å². The molecule has 5 rings (SSSR count). The summed E-state index contributed by atoms with van der Waals surface area (Å²) in [6.45, 7) is 0.338. The quantitative estimate of drug-likeness (QED) is 0.343. The molecule has 0 fully saturated rings. The zero-order valence-corrected chi connectivity index (χ0v) is 18.3. The van der Waals surface area contributed by atoms with E-state index in [0.717, 1.165) is 5.56 Å². The summed E-state index contributed by atoms with van der Waals surface area (Å²) >= 11 is 0. The third-order valence-corrected chi connectivity index (χ3v) is 5.02. The Morgan fingerprint density at radius 3 is 2.63 bits per heavy atom. The number of nitrogens with two attached hydrogens (primary N) is 1. The molecule has 0 atom stereocenters. The van der Waals surface area contributed by atoms with Crippen molar-refractivity contribution in [3.8, 4) is 0 Å². The van der Waals surface area contributed by atoms with E-state index in [1.807, 2.05) is 30.3 Å². The van der Waals surface area contributed by atoms with Crippen LogP contribution in [0.5, 0.6) is 0 Å². The van der Waals surface area contributed by atoms with Crippen molar-refractivity contribution in [1.29, 1.82) is 0 Å². The van der Waals surface area contributed by atoms with Gasteiger partial charge in [0.1, 0.15) is 5.82 Å². The fraction of sp³-hybridized carbons (Fsp3) is 0.0833. The second-order valence-corrected chi connectivity index (χ2v) is 7.57. The molecule has 0 aliphatic heterocycles. The predicted molar refractivity (Wildman–Crippen MR) is 126 cm³/mol. The molecule has 35 heavy (non-hydrogen) atoms. The second-order valence-electron chi connectivity index (χ2n) is 7.57. The molecule has 0 saturated carbocycles. The van der Waals surface area contributed by atoms with E-state index in [0.29, 0.717) is 23.3 Å². The molecule has 2 aromatic carbocycles. The number of halogens is 1. The number of benzene rings is 2. The number of carbonyl (C=O) groups excluding carboxylic acids is 1. The molecule has 5 aromatic rings. The minimum absolute atomic E-state index is 0.0513. The molecule has 3 N–H and O–H groups in total. The lowest BCUT2D eigenvalue weighted by molar-refractivity contribution is 0.0462. The number of fused-ring (bicyclic) bond motifs is 1. The number of nitrogens with zero attached hydrogens (tertiary/aromatic N) is 6. The van der Waals surface area contributed by atoms with Crippen LogP contribution in [0.15, 0.2) is 73.1 Å². The SMILES string of the molecule is Nc1nc(COC(=O)c2cnc3c(cnn3Cc3ccccc3)c2)nc(Nc2ccc(F)cc2)n1. The highest BCUT2D eigenvalue weighted by molar-refractivity contribution is 5.92. The van der Waals surface area contributed by atoms with Crippen LogP contribution in [-0.4, -0.2) is 35.7 Å². The van der Waals surface area contributed by atoms with Crippen molar-refractivity contribution < 1.29 is 13.9 Å². The molecule has 3 heterocycles. The number of hydrogen-bond donors (Lipinski definition) is 2. The van der Waals surface area contributed by atoms with E-state index in [2.05, 4.69) is 30.4 Å². The van der Waals surface area contributed by atoms with Crippen molar-refractivity contribution in [2.75, 3.05) is 11.1 Å². The van der Waals surface area contributed by atoms with Gasteiger partial charge >= 0.3 is 5.97 Å². The highest BCUT2D eigenvalue weighted by Crippen LogP contribution is 2.17. The standard InChI is InChI=1S/C24H19FN8O2/c25-18-6-8-19(9-7-18)29-24-31-20(30-23(26)32-24)14-35-22(34)17-10-16-12-28-33(21(16)27-11-17)13-15-4-2-1-3-5-15/h1-12H,13-14H2,(H3,26,29,30,31,32). The van der Waals surface area contributed by atoms with Crippen molar-refractivity contribution in [2.45, 2.75) is 13.2 Å². The third kappa shape index (κ3) is 5.19. The number of carbonyl (C=O) groups is 1. The van der Waals surface area contributed by atoms with Gasteiger partial charge in [0.2, 0.25) is 11.9 Å². The van der Waals surface area contributed by atoms with Crippen molar-refractivity contribution in [1.82, 2.24) is 29.7 Å². The maximum absolute atomic E-state index is 13.1. The van der Waals surface area contributed by atoms with E-state index in [4.69, 9.17) is 10.5 Å². The molecule has 0 aliphatic rings. The highest BCUT2D eigenvalue weighted by Gasteiger charge is 2.14. The molecule has 11 heteroatoms. The molecule has 0 aliphatic carbocycles. The molecule has 0 amide bonds. The van der Waals surface area contributed by atoms with Crippen molar-refractivity contribution in [3.63, 3.8) is 0 Å². The van der Waals surface area contributed by atoms with Gasteiger partial charge in [-0.3, -0.25) is 0 Å². The molecule has 0 unspecified atom stereocenters. The minimum atomic E-state index is -0.595. The number of rotatable bonds is 7. The minimum Gasteiger partial charge on any atom is -0.454 e. The smallest absolute Gasteiger partial charge is 0.340 e. The number of aromatic nitrogens is 6. The van der Waals surface area contributed by atoms with E-state index >= 15 is 0 Å². The Labute approximate surface area is 198 Å². The number of nitrogen functional groups attached to an aromatic ring is 1. The van der Waals surface area contributed by atoms with Crippen LogP contribution >= 0.6 is 0 Å². The number of nitrogens with one attached hydrogen (secondary N) is 1. The van der Waals surface area contributed by atoms with Crippen LogP contribution in [-0.2, 0) is 17.9 Å². The first-order chi connectivity index (χ1) is 17.0. The summed E-state index contributed by atoms with van der Waals surface area (Å²) < 4.78 is 20.2. The summed E-state index contributed by atoms with van der Waals surface area (Å²) in [6, 6.07) is 17.2. The summed E-state index contributed by atoms with van der Waals surface area (Å²) in [5, 5.41) is 7.99. The molecule has 3 aromatic heterocycles. The van der Waals surface area contributed by atoms with Crippen molar-refractivity contribution >= 4 is 34.6 Å². The van der Waals surface area contributed by atoms with Gasteiger partial charge in [-0.1, -0.05) is 30.3 Å². The average Bonchev–Trinajstić information content (AvgIpc) is 3.26. The van der Waals surface area contributed by atoms with E-state index in [1.54, 1.807) is 16.9 Å². The summed E-state index contributed by atoms with van der Waals surface area (Å²) in [4.78, 5) is 29.2. The second kappa shape index (κ2) is 9.51. The van der Waals surface area contributed by atoms with Crippen molar-refractivity contribution in [2.24, 2.45) is 0 Å². The Morgan fingerprint density at radius 1 is 1.03 bits per heavy atom. The molecule has 0 radical (unpaired) electrons. The van der Waals surface area contributed by atoms with Gasteiger partial charge < -0.3 is 15.8 Å². The van der Waals surface area contributed by atoms with Gasteiger partial charge in [-0.15, -0.1) is 0 Å². The van der Waals surface area contributed by atoms with Crippen LogP contribution in [0, 0.1) is 5.82 Å². The summed E-state index contributed by atoms with van der Waals surface area (Å²) in [7, 11) is 0.